The van der Waals surface area contributed by atoms with Crippen molar-refractivity contribution in [2.45, 2.75) is 0 Å². The van der Waals surface area contributed by atoms with E-state index in [9.17, 15) is 0 Å². The maximum absolute atomic E-state index is 8.52. The van der Waals surface area contributed by atoms with Gasteiger partial charge in [-0.15, -0.1) is 0 Å². The summed E-state index contributed by atoms with van der Waals surface area (Å²) in [6.07, 6.45) is 0. The summed E-state index contributed by atoms with van der Waals surface area (Å²) in [5, 5.41) is 0. The molecule has 0 atom stereocenters. The second-order valence-corrected chi connectivity index (χ2v) is 1.22. The van der Waals surface area contributed by atoms with Crippen LogP contribution in [0.4, 0.5) is 0 Å². The Hall–Kier alpha value is -0.0775. The van der Waals surface area contributed by atoms with Gasteiger partial charge < -0.3 is 74.8 Å². The first-order chi connectivity index (χ1) is 2.00. The van der Waals surface area contributed by atoms with E-state index in [-0.39, 0.29) is 83.1 Å². The van der Waals surface area contributed by atoms with Crippen molar-refractivity contribution in [3.63, 3.8) is 0 Å². The van der Waals surface area contributed by atoms with Crippen LogP contribution in [0.5, 0.6) is 0 Å². The zero-order valence-electron chi connectivity index (χ0n) is 8.62. The van der Waals surface area contributed by atoms with Crippen molar-refractivity contribution < 1.29 is 83.2 Å². The maximum atomic E-state index is 8.52. The van der Waals surface area contributed by atoms with Crippen LogP contribution in [0.2, 0.25) is 0 Å². The van der Waals surface area contributed by atoms with E-state index in [0.29, 0.717) is 0 Å². The van der Waals surface area contributed by atoms with Gasteiger partial charge in [0.05, 0.1) is 0 Å². The van der Waals surface area contributed by atoms with Crippen LogP contribution in [0.3, 0.4) is 0 Å². The molecule has 0 aromatic carbocycles. The van der Waals surface area contributed by atoms with Crippen molar-refractivity contribution in [3.8, 4) is 0 Å². The molecular formula is H24AlO16S+. The van der Waals surface area contributed by atoms with Crippen molar-refractivity contribution in [1.29, 1.82) is 0 Å². The molecular weight excluding hydrogens is 315 g/mol. The first-order valence-electron chi connectivity index (χ1n) is 0.667. The first kappa shape index (κ1) is 334. The molecule has 0 amide bonds. The van der Waals surface area contributed by atoms with Gasteiger partial charge in [-0.2, -0.15) is 0 Å². The van der Waals surface area contributed by atoms with Crippen LogP contribution >= 0.6 is 0 Å². The zero-order valence-corrected chi connectivity index (χ0v) is 10.6. The van der Waals surface area contributed by atoms with Gasteiger partial charge in [-0.1, -0.05) is 0 Å². The van der Waals surface area contributed by atoms with Crippen LogP contribution in [0.15, 0.2) is 0 Å². The van der Waals surface area contributed by atoms with Crippen LogP contribution < -0.4 is 0 Å². The van der Waals surface area contributed by atoms with E-state index < -0.39 is 10.4 Å². The molecule has 0 heterocycles. The number of hydrogen-bond donors (Lipinski definition) is 0. The topological polar surface area (TPSA) is 458 Å². The molecule has 0 fully saturated rings. The van der Waals surface area contributed by atoms with Crippen molar-refractivity contribution >= 4 is 27.8 Å². The van der Waals surface area contributed by atoms with E-state index in [1.807, 2.05) is 0 Å². The van der Waals surface area contributed by atoms with E-state index in [4.69, 9.17) is 17.5 Å². The zero-order chi connectivity index (χ0) is 4.50. The Balaban J connectivity index is -0.00000000103. The fourth-order valence-corrected chi connectivity index (χ4v) is 0. The Morgan fingerprint density at radius 1 is 0.444 bits per heavy atom. The molecule has 0 unspecified atom stereocenters. The molecule has 18 heteroatoms. The van der Waals surface area contributed by atoms with E-state index in [1.165, 1.54) is 0 Å². The van der Waals surface area contributed by atoms with Gasteiger partial charge in [0, 0.05) is 10.4 Å². The van der Waals surface area contributed by atoms with Gasteiger partial charge in [-0.3, -0.25) is 8.42 Å². The minimum Gasteiger partial charge on any atom is -0.759 e. The smallest absolute Gasteiger partial charge is 0.759 e. The van der Waals surface area contributed by atoms with Gasteiger partial charge >= 0.3 is 17.4 Å². The summed E-state index contributed by atoms with van der Waals surface area (Å²) in [6, 6.07) is 0. The van der Waals surface area contributed by atoms with Crippen molar-refractivity contribution in [2.75, 3.05) is 0 Å². The Morgan fingerprint density at radius 2 is 0.444 bits per heavy atom. The molecule has 0 aliphatic heterocycles. The summed E-state index contributed by atoms with van der Waals surface area (Å²) in [6.45, 7) is 0. The average molecular weight is 339 g/mol. The van der Waals surface area contributed by atoms with Gasteiger partial charge in [-0.25, -0.2) is 0 Å². The first-order valence-corrected chi connectivity index (χ1v) is 2.00. The van der Waals surface area contributed by atoms with E-state index in [1.54, 1.807) is 0 Å². The van der Waals surface area contributed by atoms with E-state index >= 15 is 0 Å². The molecule has 0 radical (unpaired) electrons. The largest absolute Gasteiger partial charge is 3.00 e. The average Bonchev–Trinajstić information content (AvgIpc) is 0.722. The van der Waals surface area contributed by atoms with Crippen molar-refractivity contribution in [2.24, 2.45) is 0 Å². The third kappa shape index (κ3) is 590000. The second kappa shape index (κ2) is 122. The second-order valence-electron chi connectivity index (χ2n) is 0.408. The molecule has 0 aromatic rings. The molecule has 0 aromatic heterocycles. The van der Waals surface area contributed by atoms with Crippen LogP contribution in [0, 0.1) is 0 Å². The predicted octanol–water partition coefficient (Wildman–Crippen LogP) is -11.6. The molecule has 0 aliphatic carbocycles. The number of rotatable bonds is 0. The summed E-state index contributed by atoms with van der Waals surface area (Å²) < 4.78 is 34.1. The summed E-state index contributed by atoms with van der Waals surface area (Å²) in [5.41, 5.74) is 0. The van der Waals surface area contributed by atoms with E-state index in [0.717, 1.165) is 0 Å². The van der Waals surface area contributed by atoms with Gasteiger partial charge in [0.2, 0.25) is 0 Å². The minimum atomic E-state index is -5.17. The molecule has 0 bridgehead atoms. The molecule has 0 rings (SSSR count). The molecule has 0 saturated heterocycles. The predicted molar refractivity (Wildman–Crippen MR) is 59.6 cm³/mol. The van der Waals surface area contributed by atoms with Crippen LogP contribution in [-0.4, -0.2) is 101 Å². The fourth-order valence-electron chi connectivity index (χ4n) is 0. The van der Waals surface area contributed by atoms with Crippen molar-refractivity contribution in [3.05, 3.63) is 0 Å². The Labute approximate surface area is 112 Å². The van der Waals surface area contributed by atoms with E-state index in [2.05, 4.69) is 0 Å². The van der Waals surface area contributed by atoms with Crippen molar-refractivity contribution in [1.82, 2.24) is 0 Å². The monoisotopic (exact) mass is 339 g/mol. The molecule has 18 heavy (non-hydrogen) atoms. The van der Waals surface area contributed by atoms with Gasteiger partial charge in [-0.05, 0) is 0 Å². The standard InChI is InChI=1S/Al.H2O4S.12H2O/c;1-5(2,3)4;;;;;;;;;;;;/h;(H2,1,2,3,4);12*1H2/q+3;;;;;;;;;;;;;/p-2. The quantitative estimate of drug-likeness (QED) is 0.235. The summed E-state index contributed by atoms with van der Waals surface area (Å²) in [7, 11) is -5.17. The molecule has 24 N–H and O–H groups in total. The number of hydrogen-bond acceptors (Lipinski definition) is 4. The summed E-state index contributed by atoms with van der Waals surface area (Å²) in [5.74, 6) is 0. The Morgan fingerprint density at radius 3 is 0.444 bits per heavy atom. The summed E-state index contributed by atoms with van der Waals surface area (Å²) >= 11 is 0. The molecule has 0 spiro atoms. The fraction of sp³-hybridized carbons (Fsp3) is 0. The van der Waals surface area contributed by atoms with Crippen LogP contribution in [0.1, 0.15) is 0 Å². The molecule has 16 nitrogen and oxygen atoms in total. The summed E-state index contributed by atoms with van der Waals surface area (Å²) in [4.78, 5) is 0. The third-order valence-corrected chi connectivity index (χ3v) is 0. The van der Waals surface area contributed by atoms with Gasteiger partial charge in [0.25, 0.3) is 0 Å². The Kier molecular flexibility index (Phi) is 2270. The minimum absolute atomic E-state index is 0. The molecule has 0 saturated carbocycles. The maximum Gasteiger partial charge on any atom is 3.00 e. The van der Waals surface area contributed by atoms with Crippen LogP contribution in [0.25, 0.3) is 0 Å². The molecule has 0 aliphatic rings. The van der Waals surface area contributed by atoms with Crippen LogP contribution in [-0.2, 0) is 10.4 Å². The molecule has 128 valence electrons. The Bertz CT molecular complexity index is 94.3. The third-order valence-electron chi connectivity index (χ3n) is 0. The van der Waals surface area contributed by atoms with Gasteiger partial charge in [0.15, 0.2) is 0 Å². The normalized spacial score (nSPS) is 3.22. The SMILES string of the molecule is O.O.O.O.O.O.O.O.O.O.O.O.O=S(=O)([O-])[O-].[Al+3]. The van der Waals surface area contributed by atoms with Gasteiger partial charge in [0.1, 0.15) is 0 Å².